The number of hydrogen-bond acceptors (Lipinski definition) is 4. The summed E-state index contributed by atoms with van der Waals surface area (Å²) >= 11 is 1.39. The highest BCUT2D eigenvalue weighted by Crippen LogP contribution is 2.40. The lowest BCUT2D eigenvalue weighted by Gasteiger charge is -2.30. The van der Waals surface area contributed by atoms with Crippen LogP contribution >= 0.6 is 11.3 Å². The van der Waals surface area contributed by atoms with Gasteiger partial charge < -0.3 is 11.1 Å². The van der Waals surface area contributed by atoms with E-state index in [2.05, 4.69) is 10.3 Å². The SMILES string of the molecule is NCc1nc(C(=O)NCC2(c3ccc(F)cc3)CCCC2)cs1. The largest absolute Gasteiger partial charge is 0.350 e. The summed E-state index contributed by atoms with van der Waals surface area (Å²) < 4.78 is 13.2. The predicted octanol–water partition coefficient (Wildman–Crippen LogP) is 2.98. The van der Waals surface area contributed by atoms with Gasteiger partial charge in [0.05, 0.1) is 0 Å². The second-order valence-electron chi connectivity index (χ2n) is 6.01. The Hall–Kier alpha value is -1.79. The van der Waals surface area contributed by atoms with Gasteiger partial charge in [-0.15, -0.1) is 11.3 Å². The number of nitrogens with zero attached hydrogens (tertiary/aromatic N) is 1. The van der Waals surface area contributed by atoms with Crippen molar-refractivity contribution >= 4 is 17.2 Å². The molecule has 1 aromatic heterocycles. The molecule has 1 fully saturated rings. The van der Waals surface area contributed by atoms with E-state index < -0.39 is 0 Å². The van der Waals surface area contributed by atoms with Crippen LogP contribution in [-0.2, 0) is 12.0 Å². The summed E-state index contributed by atoms with van der Waals surface area (Å²) in [6, 6.07) is 6.65. The maximum atomic E-state index is 13.2. The van der Waals surface area contributed by atoms with Crippen molar-refractivity contribution in [1.29, 1.82) is 0 Å². The topological polar surface area (TPSA) is 68.0 Å². The van der Waals surface area contributed by atoms with E-state index in [1.54, 1.807) is 5.38 Å². The molecule has 3 rings (SSSR count). The summed E-state index contributed by atoms with van der Waals surface area (Å²) in [5.74, 6) is -0.406. The molecule has 1 amide bonds. The van der Waals surface area contributed by atoms with Gasteiger partial charge >= 0.3 is 0 Å². The monoisotopic (exact) mass is 333 g/mol. The minimum absolute atomic E-state index is 0.101. The van der Waals surface area contributed by atoms with Crippen molar-refractivity contribution in [3.63, 3.8) is 0 Å². The van der Waals surface area contributed by atoms with Gasteiger partial charge in [-0.3, -0.25) is 4.79 Å². The zero-order valence-electron chi connectivity index (χ0n) is 12.8. The number of rotatable bonds is 5. The van der Waals surface area contributed by atoms with Crippen molar-refractivity contribution in [3.05, 3.63) is 51.7 Å². The van der Waals surface area contributed by atoms with Crippen LogP contribution in [0, 0.1) is 5.82 Å². The Morgan fingerprint density at radius 2 is 2.00 bits per heavy atom. The van der Waals surface area contributed by atoms with Gasteiger partial charge in [0.1, 0.15) is 16.5 Å². The van der Waals surface area contributed by atoms with Crippen LogP contribution in [0.3, 0.4) is 0 Å². The fourth-order valence-electron chi connectivity index (χ4n) is 3.27. The van der Waals surface area contributed by atoms with Crippen molar-refractivity contribution in [2.45, 2.75) is 37.6 Å². The van der Waals surface area contributed by atoms with Crippen LogP contribution in [0.25, 0.3) is 0 Å². The molecule has 0 bridgehead atoms. The first-order valence-electron chi connectivity index (χ1n) is 7.82. The average molecular weight is 333 g/mol. The maximum absolute atomic E-state index is 13.2. The normalized spacial score (nSPS) is 16.4. The summed E-state index contributed by atoms with van der Waals surface area (Å²) in [4.78, 5) is 16.5. The number of nitrogens with two attached hydrogens (primary N) is 1. The van der Waals surface area contributed by atoms with Gasteiger partial charge in [0.15, 0.2) is 0 Å². The molecule has 1 saturated carbocycles. The number of amides is 1. The third-order valence-corrected chi connectivity index (χ3v) is 5.43. The van der Waals surface area contributed by atoms with Gasteiger partial charge in [-0.25, -0.2) is 9.37 Å². The van der Waals surface area contributed by atoms with E-state index in [0.717, 1.165) is 36.3 Å². The molecule has 122 valence electrons. The van der Waals surface area contributed by atoms with Crippen LogP contribution in [0.1, 0.15) is 46.7 Å². The quantitative estimate of drug-likeness (QED) is 0.884. The van der Waals surface area contributed by atoms with E-state index >= 15 is 0 Å². The van der Waals surface area contributed by atoms with E-state index in [4.69, 9.17) is 5.73 Å². The van der Waals surface area contributed by atoms with Gasteiger partial charge in [-0.2, -0.15) is 0 Å². The molecule has 6 heteroatoms. The van der Waals surface area contributed by atoms with Crippen molar-refractivity contribution in [2.75, 3.05) is 6.54 Å². The molecule has 0 aliphatic heterocycles. The number of carbonyl (C=O) groups is 1. The standard InChI is InChI=1S/C17H20FN3OS/c18-13-5-3-12(4-6-13)17(7-1-2-8-17)11-20-16(22)14-10-23-15(9-19)21-14/h3-6,10H,1-2,7-9,11,19H2,(H,20,22). The van der Waals surface area contributed by atoms with Crippen LogP contribution in [0.4, 0.5) is 4.39 Å². The van der Waals surface area contributed by atoms with Crippen LogP contribution in [0.15, 0.2) is 29.6 Å². The van der Waals surface area contributed by atoms with Crippen LogP contribution in [0.2, 0.25) is 0 Å². The smallest absolute Gasteiger partial charge is 0.270 e. The van der Waals surface area contributed by atoms with Crippen LogP contribution < -0.4 is 11.1 Å². The molecule has 0 radical (unpaired) electrons. The fraction of sp³-hybridized carbons (Fsp3) is 0.412. The number of carbonyl (C=O) groups excluding carboxylic acids is 1. The third kappa shape index (κ3) is 3.43. The second kappa shape index (κ2) is 6.76. The van der Waals surface area contributed by atoms with Gasteiger partial charge in [-0.05, 0) is 30.5 Å². The fourth-order valence-corrected chi connectivity index (χ4v) is 3.93. The van der Waals surface area contributed by atoms with Crippen LogP contribution in [-0.4, -0.2) is 17.4 Å². The Kier molecular flexibility index (Phi) is 4.73. The molecule has 23 heavy (non-hydrogen) atoms. The molecule has 3 N–H and O–H groups in total. The Labute approximate surface area is 138 Å². The number of halogens is 1. The molecule has 1 aromatic carbocycles. The first-order chi connectivity index (χ1) is 11.1. The van der Waals surface area contributed by atoms with Crippen molar-refractivity contribution in [1.82, 2.24) is 10.3 Å². The maximum Gasteiger partial charge on any atom is 0.270 e. The lowest BCUT2D eigenvalue weighted by atomic mass is 9.79. The number of aromatic nitrogens is 1. The first-order valence-corrected chi connectivity index (χ1v) is 8.70. The minimum Gasteiger partial charge on any atom is -0.350 e. The highest BCUT2D eigenvalue weighted by molar-refractivity contribution is 7.09. The summed E-state index contributed by atoms with van der Waals surface area (Å²) in [7, 11) is 0. The van der Waals surface area contributed by atoms with Crippen LogP contribution in [0.5, 0.6) is 0 Å². The molecule has 1 heterocycles. The van der Waals surface area contributed by atoms with E-state index in [-0.39, 0.29) is 17.1 Å². The number of nitrogens with one attached hydrogen (secondary N) is 1. The molecule has 1 aliphatic rings. The van der Waals surface area contributed by atoms with Gasteiger partial charge in [-0.1, -0.05) is 25.0 Å². The van der Waals surface area contributed by atoms with E-state index in [1.807, 2.05) is 12.1 Å². The van der Waals surface area contributed by atoms with Gasteiger partial charge in [0, 0.05) is 23.9 Å². The Morgan fingerprint density at radius 3 is 2.61 bits per heavy atom. The molecule has 1 aliphatic carbocycles. The first kappa shape index (κ1) is 16.1. The minimum atomic E-state index is -0.234. The predicted molar refractivity (Wildman–Crippen MR) is 88.9 cm³/mol. The lowest BCUT2D eigenvalue weighted by Crippen LogP contribution is -2.39. The summed E-state index contributed by atoms with van der Waals surface area (Å²) in [6.45, 7) is 0.893. The summed E-state index contributed by atoms with van der Waals surface area (Å²) in [6.07, 6.45) is 4.26. The number of benzene rings is 1. The highest BCUT2D eigenvalue weighted by atomic mass is 32.1. The summed E-state index contributed by atoms with van der Waals surface area (Å²) in [5, 5.41) is 5.49. The molecular formula is C17H20FN3OS. The molecule has 2 aromatic rings. The Morgan fingerprint density at radius 1 is 1.30 bits per heavy atom. The zero-order chi connectivity index (χ0) is 16.3. The van der Waals surface area contributed by atoms with E-state index in [9.17, 15) is 9.18 Å². The zero-order valence-corrected chi connectivity index (χ0v) is 13.7. The van der Waals surface area contributed by atoms with Gasteiger partial charge in [0.25, 0.3) is 5.91 Å². The number of hydrogen-bond donors (Lipinski definition) is 2. The Bertz CT molecular complexity index is 677. The molecular weight excluding hydrogens is 313 g/mol. The van der Waals surface area contributed by atoms with E-state index in [0.29, 0.717) is 18.8 Å². The molecule has 0 saturated heterocycles. The Balaban J connectivity index is 1.72. The molecule has 0 spiro atoms. The number of thiazole rings is 1. The lowest BCUT2D eigenvalue weighted by molar-refractivity contribution is 0.0938. The van der Waals surface area contributed by atoms with Crippen molar-refractivity contribution < 1.29 is 9.18 Å². The van der Waals surface area contributed by atoms with Crippen molar-refractivity contribution in [3.8, 4) is 0 Å². The van der Waals surface area contributed by atoms with E-state index in [1.165, 1.54) is 23.5 Å². The molecule has 4 nitrogen and oxygen atoms in total. The highest BCUT2D eigenvalue weighted by Gasteiger charge is 2.36. The average Bonchev–Trinajstić information content (AvgIpc) is 3.23. The van der Waals surface area contributed by atoms with Crippen molar-refractivity contribution in [2.24, 2.45) is 5.73 Å². The molecule has 0 atom stereocenters. The molecule has 0 unspecified atom stereocenters. The third-order valence-electron chi connectivity index (χ3n) is 4.56. The summed E-state index contributed by atoms with van der Waals surface area (Å²) in [5.41, 5.74) is 6.94. The second-order valence-corrected chi connectivity index (χ2v) is 6.95. The van der Waals surface area contributed by atoms with Gasteiger partial charge in [0.2, 0.25) is 0 Å².